The highest BCUT2D eigenvalue weighted by Crippen LogP contribution is 2.22. The van der Waals surface area contributed by atoms with Crippen LogP contribution in [0.4, 0.5) is 5.82 Å². The van der Waals surface area contributed by atoms with Crippen molar-refractivity contribution in [2.45, 2.75) is 13.5 Å². The van der Waals surface area contributed by atoms with E-state index < -0.39 is 0 Å². The fourth-order valence-electron chi connectivity index (χ4n) is 2.22. The molecule has 24 heavy (non-hydrogen) atoms. The number of nitrogens with one attached hydrogen (secondary N) is 1. The maximum Gasteiger partial charge on any atom is 0.256 e. The van der Waals surface area contributed by atoms with Gasteiger partial charge in [0.15, 0.2) is 5.82 Å². The molecule has 0 spiro atoms. The lowest BCUT2D eigenvalue weighted by Crippen LogP contribution is -2.13. The topological polar surface area (TPSA) is 46.9 Å². The number of nitrogens with zero attached hydrogens (tertiary/aromatic N) is 2. The Bertz CT molecular complexity index is 855. The molecule has 0 aliphatic carbocycles. The maximum atomic E-state index is 12.3. The summed E-state index contributed by atoms with van der Waals surface area (Å²) in [5.41, 5.74) is 2.96. The monoisotopic (exact) mass is 447 g/mol. The van der Waals surface area contributed by atoms with Gasteiger partial charge in [0.2, 0.25) is 0 Å². The Morgan fingerprint density at radius 3 is 2.42 bits per heavy atom. The number of anilines is 1. The molecular weight excluding hydrogens is 434 g/mol. The van der Waals surface area contributed by atoms with Gasteiger partial charge in [0.1, 0.15) is 0 Å². The van der Waals surface area contributed by atoms with E-state index in [0.29, 0.717) is 17.9 Å². The number of benzene rings is 2. The SMILES string of the molecule is Cc1ccc(Cn2cc(Br)c(NC(=O)c3ccc(Br)cc3)n2)cc1. The highest BCUT2D eigenvalue weighted by Gasteiger charge is 2.12. The average molecular weight is 449 g/mol. The zero-order valence-electron chi connectivity index (χ0n) is 13.0. The van der Waals surface area contributed by atoms with Crippen molar-refractivity contribution >= 4 is 43.6 Å². The van der Waals surface area contributed by atoms with E-state index >= 15 is 0 Å². The summed E-state index contributed by atoms with van der Waals surface area (Å²) in [6.45, 7) is 2.71. The van der Waals surface area contributed by atoms with Gasteiger partial charge in [-0.2, -0.15) is 5.10 Å². The zero-order valence-corrected chi connectivity index (χ0v) is 16.1. The van der Waals surface area contributed by atoms with E-state index in [4.69, 9.17) is 0 Å². The van der Waals surface area contributed by atoms with Crippen molar-refractivity contribution in [3.63, 3.8) is 0 Å². The van der Waals surface area contributed by atoms with Gasteiger partial charge in [-0.1, -0.05) is 45.8 Å². The third kappa shape index (κ3) is 4.13. The summed E-state index contributed by atoms with van der Waals surface area (Å²) < 4.78 is 3.48. The first-order valence-corrected chi connectivity index (χ1v) is 8.95. The lowest BCUT2D eigenvalue weighted by molar-refractivity contribution is 0.102. The standard InChI is InChI=1S/C18H15Br2N3O/c1-12-2-4-13(5-3-12)10-23-11-16(20)17(22-23)21-18(24)14-6-8-15(19)9-7-14/h2-9,11H,10H2,1H3,(H,21,22,24). The van der Waals surface area contributed by atoms with Gasteiger partial charge in [-0.15, -0.1) is 0 Å². The number of carbonyl (C=O) groups is 1. The summed E-state index contributed by atoms with van der Waals surface area (Å²) in [7, 11) is 0. The molecule has 1 N–H and O–H groups in total. The van der Waals surface area contributed by atoms with Crippen molar-refractivity contribution < 1.29 is 4.79 Å². The molecule has 0 fully saturated rings. The third-order valence-corrected chi connectivity index (χ3v) is 4.63. The molecule has 0 unspecified atom stereocenters. The van der Waals surface area contributed by atoms with E-state index in [1.54, 1.807) is 16.8 Å². The van der Waals surface area contributed by atoms with Crippen LogP contribution in [0.2, 0.25) is 0 Å². The number of rotatable bonds is 4. The number of amides is 1. The minimum absolute atomic E-state index is 0.191. The number of hydrogen-bond donors (Lipinski definition) is 1. The predicted octanol–water partition coefficient (Wildman–Crippen LogP) is 5.02. The molecule has 6 heteroatoms. The molecule has 0 saturated carbocycles. The van der Waals surface area contributed by atoms with E-state index in [0.717, 1.165) is 14.5 Å². The Kier molecular flexibility index (Phi) is 5.16. The first kappa shape index (κ1) is 16.9. The van der Waals surface area contributed by atoms with Crippen molar-refractivity contribution in [1.82, 2.24) is 9.78 Å². The fraction of sp³-hybridized carbons (Fsp3) is 0.111. The molecular formula is C18H15Br2N3O. The van der Waals surface area contributed by atoms with Crippen LogP contribution in [0.15, 0.2) is 63.7 Å². The number of hydrogen-bond acceptors (Lipinski definition) is 2. The lowest BCUT2D eigenvalue weighted by atomic mass is 10.1. The largest absolute Gasteiger partial charge is 0.304 e. The van der Waals surface area contributed by atoms with Gasteiger partial charge < -0.3 is 5.32 Å². The lowest BCUT2D eigenvalue weighted by Gasteiger charge is -2.04. The molecule has 0 aliphatic heterocycles. The second-order valence-corrected chi connectivity index (χ2v) is 7.24. The minimum atomic E-state index is -0.191. The average Bonchev–Trinajstić information content (AvgIpc) is 2.89. The fourth-order valence-corrected chi connectivity index (χ4v) is 2.90. The van der Waals surface area contributed by atoms with Gasteiger partial charge in [0.25, 0.3) is 5.91 Å². The van der Waals surface area contributed by atoms with E-state index in [1.165, 1.54) is 5.56 Å². The Morgan fingerprint density at radius 1 is 1.08 bits per heavy atom. The van der Waals surface area contributed by atoms with Gasteiger partial charge in [-0.05, 0) is 52.7 Å². The van der Waals surface area contributed by atoms with Crippen LogP contribution in [0, 0.1) is 6.92 Å². The van der Waals surface area contributed by atoms with Crippen LogP contribution in [-0.4, -0.2) is 15.7 Å². The van der Waals surface area contributed by atoms with Gasteiger partial charge in [-0.25, -0.2) is 0 Å². The number of aryl methyl sites for hydroxylation is 1. The Morgan fingerprint density at radius 2 is 1.75 bits per heavy atom. The molecule has 122 valence electrons. The number of aromatic nitrogens is 2. The van der Waals surface area contributed by atoms with Crippen molar-refractivity contribution in [2.75, 3.05) is 5.32 Å². The summed E-state index contributed by atoms with van der Waals surface area (Å²) in [5, 5.41) is 7.27. The highest BCUT2D eigenvalue weighted by atomic mass is 79.9. The number of carbonyl (C=O) groups excluding carboxylic acids is 1. The molecule has 0 atom stereocenters. The van der Waals surface area contributed by atoms with Crippen LogP contribution in [0.3, 0.4) is 0 Å². The van der Waals surface area contributed by atoms with E-state index in [-0.39, 0.29) is 5.91 Å². The molecule has 3 aromatic rings. The minimum Gasteiger partial charge on any atom is -0.304 e. The van der Waals surface area contributed by atoms with Gasteiger partial charge in [0.05, 0.1) is 11.0 Å². The van der Waals surface area contributed by atoms with Crippen LogP contribution in [0.25, 0.3) is 0 Å². The third-order valence-electron chi connectivity index (χ3n) is 3.52. The van der Waals surface area contributed by atoms with Crippen molar-refractivity contribution in [3.8, 4) is 0 Å². The van der Waals surface area contributed by atoms with Crippen molar-refractivity contribution in [2.24, 2.45) is 0 Å². The molecule has 1 aromatic heterocycles. The smallest absolute Gasteiger partial charge is 0.256 e. The quantitative estimate of drug-likeness (QED) is 0.609. The summed E-state index contributed by atoms with van der Waals surface area (Å²) in [6, 6.07) is 15.5. The van der Waals surface area contributed by atoms with Crippen LogP contribution in [0.1, 0.15) is 21.5 Å². The Hall–Kier alpha value is -1.92. The highest BCUT2D eigenvalue weighted by molar-refractivity contribution is 9.10. The van der Waals surface area contributed by atoms with E-state index in [9.17, 15) is 4.79 Å². The molecule has 0 aliphatic rings. The maximum absolute atomic E-state index is 12.3. The molecule has 0 saturated heterocycles. The Balaban J connectivity index is 1.72. The Labute approximate surface area is 157 Å². The molecule has 0 radical (unpaired) electrons. The molecule has 1 heterocycles. The number of halogens is 2. The molecule has 4 nitrogen and oxygen atoms in total. The van der Waals surface area contributed by atoms with Crippen LogP contribution in [0.5, 0.6) is 0 Å². The molecule has 0 bridgehead atoms. The van der Waals surface area contributed by atoms with Crippen molar-refractivity contribution in [3.05, 3.63) is 80.4 Å². The second kappa shape index (κ2) is 7.32. The molecule has 2 aromatic carbocycles. The van der Waals surface area contributed by atoms with Gasteiger partial charge in [0, 0.05) is 16.2 Å². The van der Waals surface area contributed by atoms with Gasteiger partial charge in [-0.3, -0.25) is 9.48 Å². The summed E-state index contributed by atoms with van der Waals surface area (Å²) >= 11 is 6.81. The van der Waals surface area contributed by atoms with E-state index in [1.807, 2.05) is 18.3 Å². The van der Waals surface area contributed by atoms with Gasteiger partial charge >= 0.3 is 0 Å². The van der Waals surface area contributed by atoms with Crippen LogP contribution in [-0.2, 0) is 6.54 Å². The van der Waals surface area contributed by atoms with Crippen LogP contribution >= 0.6 is 31.9 Å². The second-order valence-electron chi connectivity index (χ2n) is 5.47. The molecule has 3 rings (SSSR count). The predicted molar refractivity (Wildman–Crippen MR) is 102 cm³/mol. The first-order valence-electron chi connectivity index (χ1n) is 7.37. The summed E-state index contributed by atoms with van der Waals surface area (Å²) in [4.78, 5) is 12.3. The van der Waals surface area contributed by atoms with E-state index in [2.05, 4.69) is 73.5 Å². The van der Waals surface area contributed by atoms with Crippen LogP contribution < -0.4 is 5.32 Å². The normalized spacial score (nSPS) is 10.6. The zero-order chi connectivity index (χ0) is 17.1. The summed E-state index contributed by atoms with van der Waals surface area (Å²) in [6.07, 6.45) is 1.86. The first-order chi connectivity index (χ1) is 11.5. The molecule has 1 amide bonds. The van der Waals surface area contributed by atoms with Crippen molar-refractivity contribution in [1.29, 1.82) is 0 Å². The summed E-state index contributed by atoms with van der Waals surface area (Å²) in [5.74, 6) is 0.318.